The highest BCUT2D eigenvalue weighted by Crippen LogP contribution is 2.45. The Kier molecular flexibility index (Phi) is 5.69. The molecule has 1 fully saturated rings. The number of pyridine rings is 1. The number of carboxylic acid groups (broad SMARTS) is 1. The lowest BCUT2D eigenvalue weighted by atomic mass is 10.0. The molecule has 9 heteroatoms. The number of halogens is 1. The maximum atomic E-state index is 11.4. The van der Waals surface area contributed by atoms with E-state index in [2.05, 4.69) is 10.3 Å². The number of thiocarbonyl (C=S) groups is 1. The summed E-state index contributed by atoms with van der Waals surface area (Å²) in [4.78, 5) is 17.6. The molecular formula is C25H18ClN3O4S. The third kappa shape index (κ3) is 3.98. The van der Waals surface area contributed by atoms with Crippen LogP contribution in [0.4, 0.5) is 5.69 Å². The van der Waals surface area contributed by atoms with E-state index in [1.807, 2.05) is 24.3 Å². The van der Waals surface area contributed by atoms with Gasteiger partial charge in [-0.15, -0.1) is 0 Å². The Bertz CT molecular complexity index is 1390. The van der Waals surface area contributed by atoms with Gasteiger partial charge in [0.15, 0.2) is 5.11 Å². The molecule has 1 aliphatic rings. The smallest absolute Gasteiger partial charge is 0.335 e. The zero-order valence-corrected chi connectivity index (χ0v) is 19.1. The van der Waals surface area contributed by atoms with Crippen molar-refractivity contribution in [3.63, 3.8) is 0 Å². The van der Waals surface area contributed by atoms with Gasteiger partial charge in [-0.25, -0.2) is 4.79 Å². The number of benzene rings is 2. The van der Waals surface area contributed by atoms with E-state index in [0.29, 0.717) is 32.9 Å². The number of anilines is 1. The molecule has 0 amide bonds. The van der Waals surface area contributed by atoms with Crippen LogP contribution in [0.25, 0.3) is 11.3 Å². The Labute approximate surface area is 205 Å². The van der Waals surface area contributed by atoms with Gasteiger partial charge in [0.2, 0.25) is 0 Å². The molecule has 170 valence electrons. The minimum Gasteiger partial charge on any atom is -0.506 e. The first kappa shape index (κ1) is 21.9. The first-order valence-corrected chi connectivity index (χ1v) is 11.1. The summed E-state index contributed by atoms with van der Waals surface area (Å²) in [5.41, 5.74) is 1.96. The predicted octanol–water partition coefficient (Wildman–Crippen LogP) is 5.58. The molecule has 34 heavy (non-hydrogen) atoms. The molecule has 4 aromatic rings. The van der Waals surface area contributed by atoms with Crippen LogP contribution in [-0.4, -0.2) is 26.3 Å². The van der Waals surface area contributed by atoms with E-state index < -0.39 is 12.0 Å². The Morgan fingerprint density at radius 3 is 2.71 bits per heavy atom. The Hall–Kier alpha value is -3.88. The SMILES string of the molecule is O=C(O)c1cccc(-c2ccc(C3C(c4ccccn4)NC(=S)N3c3cc(Cl)ccc3O)o2)c1. The first-order chi connectivity index (χ1) is 16.4. The van der Waals surface area contributed by atoms with E-state index in [1.54, 1.807) is 47.5 Å². The second-order valence-electron chi connectivity index (χ2n) is 7.72. The largest absolute Gasteiger partial charge is 0.506 e. The highest BCUT2D eigenvalue weighted by atomic mass is 35.5. The van der Waals surface area contributed by atoms with Gasteiger partial charge in [0.25, 0.3) is 0 Å². The summed E-state index contributed by atoms with van der Waals surface area (Å²) in [6, 6.07) is 19.6. The first-order valence-electron chi connectivity index (χ1n) is 10.3. The molecule has 5 rings (SSSR count). The molecule has 0 saturated carbocycles. The minimum atomic E-state index is -1.02. The van der Waals surface area contributed by atoms with Gasteiger partial charge in [0.1, 0.15) is 23.3 Å². The maximum absolute atomic E-state index is 11.4. The molecule has 0 spiro atoms. The number of hydrogen-bond acceptors (Lipinski definition) is 5. The van der Waals surface area contributed by atoms with E-state index >= 15 is 0 Å². The van der Waals surface area contributed by atoms with Crippen molar-refractivity contribution in [2.24, 2.45) is 0 Å². The van der Waals surface area contributed by atoms with Gasteiger partial charge >= 0.3 is 5.97 Å². The second-order valence-corrected chi connectivity index (χ2v) is 8.54. The van der Waals surface area contributed by atoms with Crippen molar-refractivity contribution in [2.45, 2.75) is 12.1 Å². The molecule has 1 aliphatic heterocycles. The van der Waals surface area contributed by atoms with E-state index in [0.717, 1.165) is 5.69 Å². The normalized spacial score (nSPS) is 17.6. The summed E-state index contributed by atoms with van der Waals surface area (Å²) in [7, 11) is 0. The lowest BCUT2D eigenvalue weighted by molar-refractivity contribution is 0.0697. The standard InChI is InChI=1S/C25H18ClN3O4S/c26-16-7-8-19(30)18(13-16)29-23(22(28-25(29)34)17-6-1-2-11-27-17)21-10-9-20(33-21)14-4-3-5-15(12-14)24(31)32/h1-13,22-23,30H,(H,28,34)(H,31,32). The number of furan rings is 1. The van der Waals surface area contributed by atoms with E-state index in [-0.39, 0.29) is 17.4 Å². The van der Waals surface area contributed by atoms with Gasteiger partial charge < -0.3 is 24.8 Å². The third-order valence-electron chi connectivity index (χ3n) is 5.61. The zero-order chi connectivity index (χ0) is 23.8. The molecule has 1 saturated heterocycles. The van der Waals surface area contributed by atoms with Crippen LogP contribution in [-0.2, 0) is 0 Å². The van der Waals surface area contributed by atoms with Crippen molar-refractivity contribution in [1.82, 2.24) is 10.3 Å². The number of phenolic OH excluding ortho intramolecular Hbond substituents is 1. The number of aromatic carboxylic acids is 1. The number of aromatic nitrogens is 1. The molecule has 2 aromatic carbocycles. The lowest BCUT2D eigenvalue weighted by Crippen LogP contribution is -2.29. The highest BCUT2D eigenvalue weighted by molar-refractivity contribution is 7.80. The summed E-state index contributed by atoms with van der Waals surface area (Å²) in [5.74, 6) is 0.0574. The van der Waals surface area contributed by atoms with Gasteiger partial charge in [-0.2, -0.15) is 0 Å². The lowest BCUT2D eigenvalue weighted by Gasteiger charge is -2.26. The number of nitrogens with one attached hydrogen (secondary N) is 1. The van der Waals surface area contributed by atoms with E-state index in [1.165, 1.54) is 12.1 Å². The summed E-state index contributed by atoms with van der Waals surface area (Å²) in [5, 5.41) is 24.1. The number of aromatic hydroxyl groups is 1. The number of carboxylic acids is 1. The van der Waals surface area contributed by atoms with Crippen LogP contribution in [0.5, 0.6) is 5.75 Å². The van der Waals surface area contributed by atoms with Gasteiger partial charge in [-0.1, -0.05) is 29.8 Å². The molecule has 0 radical (unpaired) electrons. The Morgan fingerprint density at radius 2 is 1.94 bits per heavy atom. The van der Waals surface area contributed by atoms with Crippen LogP contribution >= 0.6 is 23.8 Å². The van der Waals surface area contributed by atoms with Crippen molar-refractivity contribution in [2.75, 3.05) is 4.90 Å². The van der Waals surface area contributed by atoms with Crippen LogP contribution in [0.15, 0.2) is 83.4 Å². The average Bonchev–Trinajstić information content (AvgIpc) is 3.46. The summed E-state index contributed by atoms with van der Waals surface area (Å²) in [6.07, 6.45) is 1.70. The van der Waals surface area contributed by atoms with Crippen molar-refractivity contribution in [3.8, 4) is 17.1 Å². The summed E-state index contributed by atoms with van der Waals surface area (Å²) >= 11 is 11.9. The molecule has 2 aromatic heterocycles. The van der Waals surface area contributed by atoms with Crippen LogP contribution in [0.3, 0.4) is 0 Å². The topological polar surface area (TPSA) is 98.8 Å². The average molecular weight is 492 g/mol. The van der Waals surface area contributed by atoms with E-state index in [9.17, 15) is 15.0 Å². The molecule has 2 unspecified atom stereocenters. The highest BCUT2D eigenvalue weighted by Gasteiger charge is 2.43. The van der Waals surface area contributed by atoms with Crippen molar-refractivity contribution >= 4 is 40.6 Å². The molecule has 2 atom stereocenters. The summed E-state index contributed by atoms with van der Waals surface area (Å²) < 4.78 is 6.23. The van der Waals surface area contributed by atoms with Gasteiger partial charge in [0.05, 0.1) is 23.0 Å². The van der Waals surface area contributed by atoms with E-state index in [4.69, 9.17) is 28.2 Å². The molecule has 0 bridgehead atoms. The molecular weight excluding hydrogens is 474 g/mol. The van der Waals surface area contributed by atoms with Crippen LogP contribution in [0, 0.1) is 0 Å². The number of rotatable bonds is 5. The monoisotopic (exact) mass is 491 g/mol. The quantitative estimate of drug-likeness (QED) is 0.311. The fourth-order valence-corrected chi connectivity index (χ4v) is 4.57. The number of carbonyl (C=O) groups is 1. The number of nitrogens with zero attached hydrogens (tertiary/aromatic N) is 2. The summed E-state index contributed by atoms with van der Waals surface area (Å²) in [6.45, 7) is 0. The maximum Gasteiger partial charge on any atom is 0.335 e. The van der Waals surface area contributed by atoms with Crippen molar-refractivity contribution < 1.29 is 19.4 Å². The molecule has 3 heterocycles. The third-order valence-corrected chi connectivity index (χ3v) is 6.16. The number of phenols is 1. The van der Waals surface area contributed by atoms with Gasteiger partial charge in [-0.3, -0.25) is 4.98 Å². The minimum absolute atomic E-state index is 0.0150. The van der Waals surface area contributed by atoms with Gasteiger partial charge in [-0.05, 0) is 66.8 Å². The fourth-order valence-electron chi connectivity index (χ4n) is 4.07. The fraction of sp³-hybridized carbons (Fsp3) is 0.0800. The number of hydrogen-bond donors (Lipinski definition) is 3. The predicted molar refractivity (Wildman–Crippen MR) is 132 cm³/mol. The molecule has 3 N–H and O–H groups in total. The van der Waals surface area contributed by atoms with Crippen LogP contribution in [0.2, 0.25) is 5.02 Å². The zero-order valence-electron chi connectivity index (χ0n) is 17.6. The van der Waals surface area contributed by atoms with Gasteiger partial charge in [0, 0.05) is 16.8 Å². The van der Waals surface area contributed by atoms with Crippen molar-refractivity contribution in [3.05, 3.63) is 101 Å². The molecule has 0 aliphatic carbocycles. The van der Waals surface area contributed by atoms with Crippen molar-refractivity contribution in [1.29, 1.82) is 0 Å². The second kappa shape index (κ2) is 8.81. The van der Waals surface area contributed by atoms with Crippen LogP contribution in [0.1, 0.15) is 33.9 Å². The molecule has 7 nitrogen and oxygen atoms in total. The van der Waals surface area contributed by atoms with Crippen LogP contribution < -0.4 is 10.2 Å². The Morgan fingerprint density at radius 1 is 1.09 bits per heavy atom. The Balaban J connectivity index is 1.62.